The van der Waals surface area contributed by atoms with E-state index < -0.39 is 24.2 Å². The number of alkyl halides is 3. The van der Waals surface area contributed by atoms with Gasteiger partial charge in [0, 0.05) is 25.6 Å². The number of hydrogen-bond donors (Lipinski definition) is 1. The lowest BCUT2D eigenvalue weighted by Crippen LogP contribution is -2.58. The average molecular weight is 346 g/mol. The Kier molecular flexibility index (Phi) is 5.25. The lowest BCUT2D eigenvalue weighted by Gasteiger charge is -2.40. The van der Waals surface area contributed by atoms with Gasteiger partial charge in [-0.05, 0) is 18.9 Å². The van der Waals surface area contributed by atoms with Crippen molar-refractivity contribution in [3.8, 4) is 5.88 Å². The third kappa shape index (κ3) is 4.12. The van der Waals surface area contributed by atoms with Crippen LogP contribution < -0.4 is 10.1 Å². The van der Waals surface area contributed by atoms with Gasteiger partial charge >= 0.3 is 6.18 Å². The molecule has 1 fully saturated rings. The number of aromatic nitrogens is 2. The molecular formula is C14H17F3N4O3. The molecule has 132 valence electrons. The molecule has 1 aromatic heterocycles. The van der Waals surface area contributed by atoms with Crippen molar-refractivity contribution in [2.45, 2.75) is 38.0 Å². The van der Waals surface area contributed by atoms with Crippen molar-refractivity contribution in [2.24, 2.45) is 0 Å². The number of rotatable bonds is 3. The summed E-state index contributed by atoms with van der Waals surface area (Å²) < 4.78 is 44.5. The van der Waals surface area contributed by atoms with Gasteiger partial charge in [0.1, 0.15) is 6.04 Å². The van der Waals surface area contributed by atoms with E-state index in [2.05, 4.69) is 15.5 Å². The van der Waals surface area contributed by atoms with Gasteiger partial charge in [-0.2, -0.15) is 13.2 Å². The molecule has 7 nitrogen and oxygen atoms in total. The van der Waals surface area contributed by atoms with E-state index in [1.807, 2.05) is 0 Å². The maximum absolute atomic E-state index is 13.2. The monoisotopic (exact) mass is 346 g/mol. The molecule has 2 rings (SSSR count). The number of nitrogens with one attached hydrogen (secondary N) is 1. The smallest absolute Gasteiger partial charge is 0.408 e. The Morgan fingerprint density at radius 1 is 1.29 bits per heavy atom. The largest absolute Gasteiger partial charge is 0.480 e. The van der Waals surface area contributed by atoms with E-state index in [1.165, 1.54) is 26.2 Å². The molecule has 1 saturated heterocycles. The molecule has 0 unspecified atom stereocenters. The third-order valence-corrected chi connectivity index (χ3v) is 3.70. The van der Waals surface area contributed by atoms with Crippen LogP contribution in [0.1, 0.15) is 30.3 Å². The number of carbonyl (C=O) groups is 2. The first-order valence-electron chi connectivity index (χ1n) is 7.25. The van der Waals surface area contributed by atoms with Crippen LogP contribution in [0.25, 0.3) is 0 Å². The lowest BCUT2D eigenvalue weighted by molar-refractivity contribution is -0.184. The molecule has 0 spiro atoms. The van der Waals surface area contributed by atoms with Gasteiger partial charge in [-0.15, -0.1) is 10.2 Å². The van der Waals surface area contributed by atoms with Crippen molar-refractivity contribution < 1.29 is 27.5 Å². The zero-order chi connectivity index (χ0) is 17.9. The van der Waals surface area contributed by atoms with E-state index in [1.54, 1.807) is 0 Å². The van der Waals surface area contributed by atoms with Gasteiger partial charge in [0.15, 0.2) is 5.69 Å². The third-order valence-electron chi connectivity index (χ3n) is 3.70. The summed E-state index contributed by atoms with van der Waals surface area (Å²) in [5, 5.41) is 9.76. The number of carbonyl (C=O) groups excluding carboxylic acids is 2. The van der Waals surface area contributed by atoms with E-state index in [0.29, 0.717) is 4.90 Å². The summed E-state index contributed by atoms with van der Waals surface area (Å²) in [5.74, 6) is -1.10. The highest BCUT2D eigenvalue weighted by Gasteiger charge is 2.48. The molecule has 24 heavy (non-hydrogen) atoms. The van der Waals surface area contributed by atoms with Crippen molar-refractivity contribution in [1.29, 1.82) is 0 Å². The topological polar surface area (TPSA) is 84.4 Å². The zero-order valence-electron chi connectivity index (χ0n) is 13.1. The summed E-state index contributed by atoms with van der Waals surface area (Å²) in [7, 11) is 1.36. The zero-order valence-corrected chi connectivity index (χ0v) is 13.1. The van der Waals surface area contributed by atoms with Crippen molar-refractivity contribution in [3.63, 3.8) is 0 Å². The minimum absolute atomic E-state index is 0.141. The molecule has 0 aliphatic carbocycles. The first kappa shape index (κ1) is 18.0. The molecule has 2 heterocycles. The number of piperidine rings is 1. The molecule has 0 saturated carbocycles. The number of methoxy groups -OCH3 is 1. The Hall–Kier alpha value is -2.39. The highest BCUT2D eigenvalue weighted by molar-refractivity contribution is 5.92. The molecule has 1 aliphatic heterocycles. The van der Waals surface area contributed by atoms with E-state index in [9.17, 15) is 22.8 Å². The fourth-order valence-electron chi connectivity index (χ4n) is 2.63. The van der Waals surface area contributed by atoms with Crippen LogP contribution in [0, 0.1) is 0 Å². The molecule has 0 aromatic carbocycles. The summed E-state index contributed by atoms with van der Waals surface area (Å²) >= 11 is 0. The molecular weight excluding hydrogens is 329 g/mol. The predicted octanol–water partition coefficient (Wildman–Crippen LogP) is 1.16. The van der Waals surface area contributed by atoms with Crippen LogP contribution in [0.5, 0.6) is 5.88 Å². The van der Waals surface area contributed by atoms with Crippen LogP contribution in [-0.4, -0.2) is 58.8 Å². The van der Waals surface area contributed by atoms with Gasteiger partial charge in [0.05, 0.1) is 7.11 Å². The number of nitrogens with zero attached hydrogens (tertiary/aromatic N) is 3. The van der Waals surface area contributed by atoms with E-state index >= 15 is 0 Å². The molecule has 1 aromatic rings. The number of ether oxygens (including phenoxy) is 1. The second-order valence-electron chi connectivity index (χ2n) is 5.45. The summed E-state index contributed by atoms with van der Waals surface area (Å²) in [6.45, 7) is 1.03. The van der Waals surface area contributed by atoms with Crippen molar-refractivity contribution >= 4 is 11.8 Å². The van der Waals surface area contributed by atoms with Gasteiger partial charge in [0.2, 0.25) is 11.8 Å². The first-order valence-corrected chi connectivity index (χ1v) is 7.25. The number of likely N-dealkylation sites (tertiary alicyclic amines) is 1. The molecule has 1 aliphatic rings. The highest BCUT2D eigenvalue weighted by Crippen LogP contribution is 2.32. The van der Waals surface area contributed by atoms with Gasteiger partial charge in [-0.1, -0.05) is 0 Å². The highest BCUT2D eigenvalue weighted by atomic mass is 19.4. The van der Waals surface area contributed by atoms with Crippen molar-refractivity contribution in [1.82, 2.24) is 20.4 Å². The second kappa shape index (κ2) is 7.02. The van der Waals surface area contributed by atoms with E-state index in [-0.39, 0.29) is 36.9 Å². The summed E-state index contributed by atoms with van der Waals surface area (Å²) in [6.07, 6.45) is -4.71. The van der Waals surface area contributed by atoms with Crippen LogP contribution in [0.15, 0.2) is 12.1 Å². The number of halogens is 3. The molecule has 0 radical (unpaired) electrons. The van der Waals surface area contributed by atoms with Crippen LogP contribution >= 0.6 is 0 Å². The minimum Gasteiger partial charge on any atom is -0.480 e. The van der Waals surface area contributed by atoms with Crippen LogP contribution in [0.4, 0.5) is 13.2 Å². The lowest BCUT2D eigenvalue weighted by atomic mass is 9.97. The summed E-state index contributed by atoms with van der Waals surface area (Å²) in [4.78, 5) is 24.3. The van der Waals surface area contributed by atoms with Gasteiger partial charge in [0.25, 0.3) is 5.91 Å². The number of amides is 2. The summed E-state index contributed by atoms with van der Waals surface area (Å²) in [6, 6.07) is 0.150. The molecule has 2 amide bonds. The standard InChI is InChI=1S/C14H17F3N4O3/c1-8(22)18-9-3-5-11(14(15,16)17)21(7-9)13(23)10-4-6-12(24-2)20-19-10/h4,6,9,11H,3,5,7H2,1-2H3,(H,18,22)/t9-,11-/m1/s1. The number of hydrogen-bond acceptors (Lipinski definition) is 5. The van der Waals surface area contributed by atoms with E-state index in [4.69, 9.17) is 4.74 Å². The second-order valence-corrected chi connectivity index (χ2v) is 5.45. The van der Waals surface area contributed by atoms with Gasteiger partial charge in [-0.3, -0.25) is 9.59 Å². The normalized spacial score (nSPS) is 21.3. The fraction of sp³-hybridized carbons (Fsp3) is 0.571. The Morgan fingerprint density at radius 3 is 2.50 bits per heavy atom. The molecule has 2 atom stereocenters. The van der Waals surface area contributed by atoms with Crippen molar-refractivity contribution in [3.05, 3.63) is 17.8 Å². The predicted molar refractivity (Wildman–Crippen MR) is 76.3 cm³/mol. The van der Waals surface area contributed by atoms with Crippen LogP contribution in [0.3, 0.4) is 0 Å². The quantitative estimate of drug-likeness (QED) is 0.888. The Labute approximate surface area is 136 Å². The SMILES string of the molecule is COc1ccc(C(=O)N2C[C@H](NC(C)=O)CC[C@@H]2C(F)(F)F)nn1. The molecule has 1 N–H and O–H groups in total. The molecule has 0 bridgehead atoms. The van der Waals surface area contributed by atoms with Crippen molar-refractivity contribution in [2.75, 3.05) is 13.7 Å². The Bertz CT molecular complexity index is 606. The average Bonchev–Trinajstić information content (AvgIpc) is 2.52. The van der Waals surface area contributed by atoms with Crippen LogP contribution in [0.2, 0.25) is 0 Å². The van der Waals surface area contributed by atoms with E-state index in [0.717, 1.165) is 0 Å². The maximum Gasteiger partial charge on any atom is 0.408 e. The van der Waals surface area contributed by atoms with Gasteiger partial charge in [-0.25, -0.2) is 0 Å². The fourth-order valence-corrected chi connectivity index (χ4v) is 2.63. The minimum atomic E-state index is -4.56. The van der Waals surface area contributed by atoms with Crippen LogP contribution in [-0.2, 0) is 4.79 Å². The molecule has 10 heteroatoms. The Balaban J connectivity index is 2.24. The first-order chi connectivity index (χ1) is 11.2. The van der Waals surface area contributed by atoms with Gasteiger partial charge < -0.3 is 15.0 Å². The Morgan fingerprint density at radius 2 is 2.00 bits per heavy atom. The maximum atomic E-state index is 13.2. The summed E-state index contributed by atoms with van der Waals surface area (Å²) in [5.41, 5.74) is -0.214.